The number of H-pyrrole nitrogens is 2. The normalized spacial score (nSPS) is 17.0. The van der Waals surface area contributed by atoms with Gasteiger partial charge in [-0.1, -0.05) is 0 Å². The molecular formula is C13H16N4O4S. The molecule has 1 fully saturated rings. The van der Waals surface area contributed by atoms with E-state index in [-0.39, 0.29) is 11.6 Å². The first kappa shape index (κ1) is 14.8. The lowest BCUT2D eigenvalue weighted by Gasteiger charge is -2.33. The predicted molar refractivity (Wildman–Crippen MR) is 81.2 cm³/mol. The summed E-state index contributed by atoms with van der Waals surface area (Å²) in [5, 5.41) is 0. The average molecular weight is 324 g/mol. The van der Waals surface area contributed by atoms with Crippen LogP contribution in [0.4, 0.5) is 0 Å². The van der Waals surface area contributed by atoms with Crippen molar-refractivity contribution in [1.82, 2.24) is 19.2 Å². The second-order valence-electron chi connectivity index (χ2n) is 5.29. The Morgan fingerprint density at radius 1 is 1.09 bits per heavy atom. The van der Waals surface area contributed by atoms with Crippen LogP contribution in [0.15, 0.2) is 23.0 Å². The van der Waals surface area contributed by atoms with Crippen LogP contribution in [0.2, 0.25) is 0 Å². The smallest absolute Gasteiger partial charge is 0.323 e. The maximum absolute atomic E-state index is 12.5. The summed E-state index contributed by atoms with van der Waals surface area (Å²) < 4.78 is 24.3. The molecule has 1 amide bonds. The summed E-state index contributed by atoms with van der Waals surface area (Å²) in [4.78, 5) is 30.5. The summed E-state index contributed by atoms with van der Waals surface area (Å²) >= 11 is 0. The first-order valence-electron chi connectivity index (χ1n) is 6.81. The van der Waals surface area contributed by atoms with Crippen LogP contribution < -0.4 is 5.69 Å². The Hall–Kier alpha value is -2.13. The number of aromatic amines is 2. The average Bonchev–Trinajstić information content (AvgIpc) is 2.84. The fourth-order valence-electron chi connectivity index (χ4n) is 2.57. The van der Waals surface area contributed by atoms with E-state index in [1.807, 2.05) is 0 Å². The van der Waals surface area contributed by atoms with Gasteiger partial charge in [-0.05, 0) is 18.2 Å². The molecule has 0 saturated carbocycles. The molecule has 0 aliphatic carbocycles. The fraction of sp³-hybridized carbons (Fsp3) is 0.385. The molecule has 0 radical (unpaired) electrons. The van der Waals surface area contributed by atoms with Gasteiger partial charge in [0.15, 0.2) is 0 Å². The largest absolute Gasteiger partial charge is 0.336 e. The second-order valence-corrected chi connectivity index (χ2v) is 7.28. The highest BCUT2D eigenvalue weighted by atomic mass is 32.2. The Morgan fingerprint density at radius 2 is 1.73 bits per heavy atom. The van der Waals surface area contributed by atoms with Gasteiger partial charge in [0.1, 0.15) is 0 Å². The highest BCUT2D eigenvalue weighted by molar-refractivity contribution is 7.88. The minimum absolute atomic E-state index is 0.169. The van der Waals surface area contributed by atoms with E-state index in [4.69, 9.17) is 0 Å². The predicted octanol–water partition coefficient (Wildman–Crippen LogP) is -0.426. The molecule has 1 aromatic heterocycles. The van der Waals surface area contributed by atoms with Gasteiger partial charge in [-0.2, -0.15) is 4.31 Å². The van der Waals surface area contributed by atoms with Gasteiger partial charge in [-0.25, -0.2) is 13.2 Å². The van der Waals surface area contributed by atoms with E-state index in [1.165, 1.54) is 10.6 Å². The third kappa shape index (κ3) is 2.77. The molecule has 0 atom stereocenters. The van der Waals surface area contributed by atoms with Crippen molar-refractivity contribution in [2.45, 2.75) is 0 Å². The maximum atomic E-state index is 12.5. The van der Waals surface area contributed by atoms with Crippen LogP contribution in [0.5, 0.6) is 0 Å². The van der Waals surface area contributed by atoms with Gasteiger partial charge >= 0.3 is 5.69 Å². The number of hydrogen-bond acceptors (Lipinski definition) is 4. The number of sulfonamides is 1. The molecule has 2 heterocycles. The van der Waals surface area contributed by atoms with Gasteiger partial charge < -0.3 is 14.9 Å². The van der Waals surface area contributed by atoms with Crippen molar-refractivity contribution in [3.05, 3.63) is 34.2 Å². The van der Waals surface area contributed by atoms with Gasteiger partial charge in [0, 0.05) is 31.7 Å². The number of nitrogens with one attached hydrogen (secondary N) is 2. The minimum Gasteiger partial charge on any atom is -0.336 e. The number of piperazine rings is 1. The molecule has 8 nitrogen and oxygen atoms in total. The first-order chi connectivity index (χ1) is 10.3. The molecule has 0 bridgehead atoms. The van der Waals surface area contributed by atoms with Gasteiger partial charge in [-0.3, -0.25) is 4.79 Å². The van der Waals surface area contributed by atoms with E-state index >= 15 is 0 Å². The first-order valence-corrected chi connectivity index (χ1v) is 8.66. The number of nitrogens with zero attached hydrogens (tertiary/aromatic N) is 2. The summed E-state index contributed by atoms with van der Waals surface area (Å²) in [7, 11) is -3.21. The molecule has 1 saturated heterocycles. The highest BCUT2D eigenvalue weighted by Crippen LogP contribution is 2.14. The molecule has 22 heavy (non-hydrogen) atoms. The number of amides is 1. The molecule has 0 unspecified atom stereocenters. The number of rotatable bonds is 2. The SMILES string of the molecule is CS(=O)(=O)N1CCN(C(=O)c2ccc3[nH]c(=O)[nH]c3c2)CC1. The molecule has 3 rings (SSSR count). The van der Waals surface area contributed by atoms with Crippen LogP contribution in [0, 0.1) is 0 Å². The van der Waals surface area contributed by atoms with Gasteiger partial charge in [0.2, 0.25) is 10.0 Å². The Morgan fingerprint density at radius 3 is 2.36 bits per heavy atom. The van der Waals surface area contributed by atoms with Crippen molar-refractivity contribution in [2.75, 3.05) is 32.4 Å². The summed E-state index contributed by atoms with van der Waals surface area (Å²) in [5.41, 5.74) is 1.37. The van der Waals surface area contributed by atoms with E-state index in [0.29, 0.717) is 42.8 Å². The lowest BCUT2D eigenvalue weighted by Crippen LogP contribution is -2.50. The van der Waals surface area contributed by atoms with Crippen molar-refractivity contribution < 1.29 is 13.2 Å². The quantitative estimate of drug-likeness (QED) is 0.782. The van der Waals surface area contributed by atoms with Crippen LogP contribution in [-0.4, -0.2) is 65.9 Å². The highest BCUT2D eigenvalue weighted by Gasteiger charge is 2.26. The fourth-order valence-corrected chi connectivity index (χ4v) is 3.40. The lowest BCUT2D eigenvalue weighted by molar-refractivity contribution is 0.0698. The Labute approximate surface area is 126 Å². The van der Waals surface area contributed by atoms with E-state index in [9.17, 15) is 18.0 Å². The minimum atomic E-state index is -3.21. The zero-order valence-electron chi connectivity index (χ0n) is 12.0. The second kappa shape index (κ2) is 5.25. The summed E-state index contributed by atoms with van der Waals surface area (Å²) in [6.45, 7) is 1.31. The summed E-state index contributed by atoms with van der Waals surface area (Å²) in [6.07, 6.45) is 1.17. The Balaban J connectivity index is 1.77. The van der Waals surface area contributed by atoms with Crippen molar-refractivity contribution in [3.63, 3.8) is 0 Å². The molecule has 9 heteroatoms. The maximum Gasteiger partial charge on any atom is 0.323 e. The van der Waals surface area contributed by atoms with Crippen LogP contribution in [0.3, 0.4) is 0 Å². The number of hydrogen-bond donors (Lipinski definition) is 2. The molecule has 0 spiro atoms. The molecule has 2 N–H and O–H groups in total. The summed E-state index contributed by atoms with van der Waals surface area (Å²) in [5.74, 6) is -0.169. The number of carbonyl (C=O) groups is 1. The molecular weight excluding hydrogens is 308 g/mol. The van der Waals surface area contributed by atoms with Gasteiger partial charge in [0.05, 0.1) is 17.3 Å². The molecule has 1 aliphatic heterocycles. The van der Waals surface area contributed by atoms with Gasteiger partial charge in [0.25, 0.3) is 5.91 Å². The van der Waals surface area contributed by atoms with E-state index in [1.54, 1.807) is 23.1 Å². The Bertz CT molecular complexity index is 875. The number of aromatic nitrogens is 2. The lowest BCUT2D eigenvalue weighted by atomic mass is 10.1. The Kier molecular flexibility index (Phi) is 3.53. The van der Waals surface area contributed by atoms with Crippen molar-refractivity contribution in [1.29, 1.82) is 0 Å². The third-order valence-electron chi connectivity index (χ3n) is 3.76. The van der Waals surface area contributed by atoms with E-state index in [2.05, 4.69) is 9.97 Å². The zero-order chi connectivity index (χ0) is 15.9. The number of benzene rings is 1. The molecule has 118 valence electrons. The molecule has 1 aliphatic rings. The standard InChI is InChI=1S/C13H16N4O4S/c1-22(20,21)17-6-4-16(5-7-17)12(18)9-2-3-10-11(8-9)15-13(19)14-10/h2-3,8H,4-7H2,1H3,(H2,14,15,19). The summed E-state index contributed by atoms with van der Waals surface area (Å²) in [6, 6.07) is 4.95. The van der Waals surface area contributed by atoms with Crippen LogP contribution >= 0.6 is 0 Å². The van der Waals surface area contributed by atoms with Crippen molar-refractivity contribution >= 4 is 27.0 Å². The number of fused-ring (bicyclic) bond motifs is 1. The molecule has 1 aromatic carbocycles. The van der Waals surface area contributed by atoms with Crippen LogP contribution in [0.1, 0.15) is 10.4 Å². The molecule has 2 aromatic rings. The number of carbonyl (C=O) groups excluding carboxylic acids is 1. The van der Waals surface area contributed by atoms with Crippen molar-refractivity contribution in [2.24, 2.45) is 0 Å². The topological polar surface area (TPSA) is 106 Å². The van der Waals surface area contributed by atoms with Crippen molar-refractivity contribution in [3.8, 4) is 0 Å². The van der Waals surface area contributed by atoms with E-state index < -0.39 is 10.0 Å². The third-order valence-corrected chi connectivity index (χ3v) is 5.06. The monoisotopic (exact) mass is 324 g/mol. The number of imidazole rings is 1. The van der Waals surface area contributed by atoms with Crippen LogP contribution in [-0.2, 0) is 10.0 Å². The van der Waals surface area contributed by atoms with E-state index in [0.717, 1.165) is 0 Å². The zero-order valence-corrected chi connectivity index (χ0v) is 12.8. The van der Waals surface area contributed by atoms with Gasteiger partial charge in [-0.15, -0.1) is 0 Å². The van der Waals surface area contributed by atoms with Crippen LogP contribution in [0.25, 0.3) is 11.0 Å².